The molecule has 2 aliphatic carbocycles. The Kier molecular flexibility index (Phi) is 3.99. The summed E-state index contributed by atoms with van der Waals surface area (Å²) in [5, 5.41) is 3.22. The first-order chi connectivity index (χ1) is 9.11. The summed E-state index contributed by atoms with van der Waals surface area (Å²) in [6.45, 7) is 2.19. The number of carbonyl (C=O) groups is 1. The standard InChI is InChI=1S/C15H20BrNOS/c1-9(13-7-10-2-3-11(13)6-10)17-15(18)8-12-4-5-14(16)19-12/h4-5,9-11,13H,2-3,6-8H2,1H3,(H,17,18). The molecule has 1 heterocycles. The maximum absolute atomic E-state index is 12.1. The monoisotopic (exact) mass is 341 g/mol. The van der Waals surface area contributed by atoms with E-state index < -0.39 is 0 Å². The van der Waals surface area contributed by atoms with Gasteiger partial charge in [-0.3, -0.25) is 4.79 Å². The van der Waals surface area contributed by atoms with Crippen molar-refractivity contribution in [3.63, 3.8) is 0 Å². The zero-order valence-corrected chi connectivity index (χ0v) is 13.6. The first-order valence-electron chi connectivity index (χ1n) is 7.15. The number of thiophene rings is 1. The highest BCUT2D eigenvalue weighted by Crippen LogP contribution is 2.49. The minimum atomic E-state index is 0.171. The zero-order valence-electron chi connectivity index (χ0n) is 11.2. The highest BCUT2D eigenvalue weighted by atomic mass is 79.9. The highest BCUT2D eigenvalue weighted by molar-refractivity contribution is 9.11. The Bertz CT molecular complexity index is 472. The SMILES string of the molecule is CC(NC(=O)Cc1ccc(Br)s1)C1CC2CCC1C2. The van der Waals surface area contributed by atoms with E-state index in [-0.39, 0.29) is 5.91 Å². The van der Waals surface area contributed by atoms with Crippen molar-refractivity contribution in [1.82, 2.24) is 5.32 Å². The van der Waals surface area contributed by atoms with Crippen LogP contribution in [0.2, 0.25) is 0 Å². The van der Waals surface area contributed by atoms with Gasteiger partial charge in [0, 0.05) is 10.9 Å². The zero-order chi connectivity index (χ0) is 13.4. The molecule has 2 fully saturated rings. The number of halogens is 1. The lowest BCUT2D eigenvalue weighted by Crippen LogP contribution is -2.40. The van der Waals surface area contributed by atoms with Gasteiger partial charge in [-0.25, -0.2) is 0 Å². The van der Waals surface area contributed by atoms with E-state index in [1.807, 2.05) is 12.1 Å². The van der Waals surface area contributed by atoms with Gasteiger partial charge in [-0.05, 0) is 72.0 Å². The van der Waals surface area contributed by atoms with Crippen molar-refractivity contribution in [2.75, 3.05) is 0 Å². The number of rotatable bonds is 4. The van der Waals surface area contributed by atoms with Crippen LogP contribution in [0.4, 0.5) is 0 Å². The van der Waals surface area contributed by atoms with Crippen LogP contribution in [0.1, 0.15) is 37.5 Å². The van der Waals surface area contributed by atoms with Crippen LogP contribution in [-0.4, -0.2) is 11.9 Å². The van der Waals surface area contributed by atoms with E-state index in [2.05, 4.69) is 28.2 Å². The van der Waals surface area contributed by atoms with Gasteiger partial charge in [0.2, 0.25) is 5.91 Å². The lowest BCUT2D eigenvalue weighted by molar-refractivity contribution is -0.121. The number of hydrogen-bond donors (Lipinski definition) is 1. The molecule has 2 nitrogen and oxygen atoms in total. The van der Waals surface area contributed by atoms with Crippen LogP contribution in [0, 0.1) is 17.8 Å². The third kappa shape index (κ3) is 3.05. The molecular formula is C15H20BrNOS. The Balaban J connectivity index is 1.52. The Hall–Kier alpha value is -0.350. The fraction of sp³-hybridized carbons (Fsp3) is 0.667. The maximum atomic E-state index is 12.1. The topological polar surface area (TPSA) is 29.1 Å². The van der Waals surface area contributed by atoms with Crippen molar-refractivity contribution < 1.29 is 4.79 Å². The minimum absolute atomic E-state index is 0.171. The van der Waals surface area contributed by atoms with E-state index in [0.717, 1.165) is 26.4 Å². The van der Waals surface area contributed by atoms with E-state index in [4.69, 9.17) is 0 Å². The Morgan fingerprint density at radius 1 is 1.47 bits per heavy atom. The minimum Gasteiger partial charge on any atom is -0.353 e. The molecular weight excluding hydrogens is 322 g/mol. The van der Waals surface area contributed by atoms with Crippen LogP contribution in [0.5, 0.6) is 0 Å². The number of nitrogens with one attached hydrogen (secondary N) is 1. The van der Waals surface area contributed by atoms with Crippen LogP contribution in [0.15, 0.2) is 15.9 Å². The fourth-order valence-corrected chi connectivity index (χ4v) is 5.41. The van der Waals surface area contributed by atoms with Gasteiger partial charge in [0.25, 0.3) is 0 Å². The van der Waals surface area contributed by atoms with Crippen molar-refractivity contribution in [1.29, 1.82) is 0 Å². The van der Waals surface area contributed by atoms with Crippen LogP contribution in [0.3, 0.4) is 0 Å². The Morgan fingerprint density at radius 2 is 2.32 bits per heavy atom. The summed E-state index contributed by atoms with van der Waals surface area (Å²) in [6.07, 6.45) is 6.05. The second-order valence-electron chi connectivity index (χ2n) is 6.08. The summed E-state index contributed by atoms with van der Waals surface area (Å²) in [7, 11) is 0. The molecule has 4 atom stereocenters. The number of carbonyl (C=O) groups excluding carboxylic acids is 1. The van der Waals surface area contributed by atoms with Crippen LogP contribution < -0.4 is 5.32 Å². The quantitative estimate of drug-likeness (QED) is 0.881. The number of hydrogen-bond acceptors (Lipinski definition) is 2. The molecule has 1 aromatic heterocycles. The number of fused-ring (bicyclic) bond motifs is 2. The van der Waals surface area contributed by atoms with Crippen molar-refractivity contribution in [3.05, 3.63) is 20.8 Å². The van der Waals surface area contributed by atoms with Crippen molar-refractivity contribution >= 4 is 33.2 Å². The highest BCUT2D eigenvalue weighted by Gasteiger charge is 2.42. The molecule has 2 bridgehead atoms. The molecule has 0 saturated heterocycles. The van der Waals surface area contributed by atoms with Gasteiger partial charge in [-0.15, -0.1) is 11.3 Å². The third-order valence-corrected chi connectivity index (χ3v) is 6.41. The fourth-order valence-electron chi connectivity index (χ4n) is 3.92. The molecule has 1 N–H and O–H groups in total. The van der Waals surface area contributed by atoms with Gasteiger partial charge >= 0.3 is 0 Å². The summed E-state index contributed by atoms with van der Waals surface area (Å²) >= 11 is 5.08. The van der Waals surface area contributed by atoms with E-state index in [1.165, 1.54) is 25.7 Å². The second kappa shape index (κ2) is 5.57. The second-order valence-corrected chi connectivity index (χ2v) is 8.63. The van der Waals surface area contributed by atoms with Gasteiger partial charge in [-0.1, -0.05) is 6.42 Å². The molecule has 0 aliphatic heterocycles. The molecule has 3 rings (SSSR count). The van der Waals surface area contributed by atoms with Crippen LogP contribution in [0.25, 0.3) is 0 Å². The molecule has 104 valence electrons. The Labute approximate surface area is 127 Å². The lowest BCUT2D eigenvalue weighted by Gasteiger charge is -2.28. The molecule has 0 aromatic carbocycles. The number of amides is 1. The predicted molar refractivity (Wildman–Crippen MR) is 82.3 cm³/mol. The average molecular weight is 342 g/mol. The van der Waals surface area contributed by atoms with E-state index >= 15 is 0 Å². The molecule has 4 heteroatoms. The van der Waals surface area contributed by atoms with Gasteiger partial charge in [0.1, 0.15) is 0 Å². The van der Waals surface area contributed by atoms with E-state index in [1.54, 1.807) is 11.3 Å². The molecule has 0 spiro atoms. The molecule has 19 heavy (non-hydrogen) atoms. The summed E-state index contributed by atoms with van der Waals surface area (Å²) in [4.78, 5) is 13.2. The molecule has 1 amide bonds. The van der Waals surface area contributed by atoms with Crippen molar-refractivity contribution in [2.45, 2.75) is 45.1 Å². The normalized spacial score (nSPS) is 30.5. The molecule has 2 saturated carbocycles. The average Bonchev–Trinajstić information content (AvgIpc) is 3.05. The third-order valence-electron chi connectivity index (χ3n) is 4.79. The van der Waals surface area contributed by atoms with E-state index in [9.17, 15) is 4.79 Å². The summed E-state index contributed by atoms with van der Waals surface area (Å²) in [6, 6.07) is 4.37. The smallest absolute Gasteiger partial charge is 0.225 e. The molecule has 4 unspecified atom stereocenters. The largest absolute Gasteiger partial charge is 0.353 e. The van der Waals surface area contributed by atoms with Crippen molar-refractivity contribution in [2.24, 2.45) is 17.8 Å². The predicted octanol–water partition coefficient (Wildman–Crippen LogP) is 3.99. The molecule has 1 aromatic rings. The van der Waals surface area contributed by atoms with Crippen molar-refractivity contribution in [3.8, 4) is 0 Å². The lowest BCUT2D eigenvalue weighted by atomic mass is 9.84. The van der Waals surface area contributed by atoms with Crippen LogP contribution in [-0.2, 0) is 11.2 Å². The van der Waals surface area contributed by atoms with Gasteiger partial charge in [0.15, 0.2) is 0 Å². The van der Waals surface area contributed by atoms with Gasteiger partial charge in [-0.2, -0.15) is 0 Å². The van der Waals surface area contributed by atoms with Crippen LogP contribution >= 0.6 is 27.3 Å². The van der Waals surface area contributed by atoms with Gasteiger partial charge in [0.05, 0.1) is 10.2 Å². The Morgan fingerprint density at radius 3 is 2.89 bits per heavy atom. The summed E-state index contributed by atoms with van der Waals surface area (Å²) in [5.74, 6) is 2.71. The summed E-state index contributed by atoms with van der Waals surface area (Å²) in [5.41, 5.74) is 0. The first-order valence-corrected chi connectivity index (χ1v) is 8.76. The summed E-state index contributed by atoms with van der Waals surface area (Å²) < 4.78 is 1.09. The van der Waals surface area contributed by atoms with E-state index in [0.29, 0.717) is 12.5 Å². The maximum Gasteiger partial charge on any atom is 0.225 e. The first kappa shape index (κ1) is 13.6. The van der Waals surface area contributed by atoms with Gasteiger partial charge < -0.3 is 5.32 Å². The molecule has 2 aliphatic rings. The molecule has 0 radical (unpaired) electrons.